The van der Waals surface area contributed by atoms with Crippen molar-refractivity contribution in [3.8, 4) is 0 Å². The molecule has 0 bridgehead atoms. The average Bonchev–Trinajstić information content (AvgIpc) is 2.77. The molecule has 1 unspecified atom stereocenters. The summed E-state index contributed by atoms with van der Waals surface area (Å²) in [4.78, 5) is 14.2. The van der Waals surface area contributed by atoms with Crippen LogP contribution in [0.4, 0.5) is 0 Å². The molecule has 1 aliphatic carbocycles. The van der Waals surface area contributed by atoms with E-state index in [0.29, 0.717) is 17.7 Å². The first-order chi connectivity index (χ1) is 8.34. The Morgan fingerprint density at radius 2 is 1.88 bits per heavy atom. The molecule has 1 saturated carbocycles. The molecule has 0 spiro atoms. The van der Waals surface area contributed by atoms with Crippen molar-refractivity contribution in [1.29, 1.82) is 0 Å². The zero-order chi connectivity index (χ0) is 11.7. The number of carbonyl (C=O) groups is 1. The topological polar surface area (TPSA) is 20.3 Å². The van der Waals surface area contributed by atoms with Crippen LogP contribution in [0.25, 0.3) is 0 Å². The molecule has 1 aliphatic heterocycles. The van der Waals surface area contributed by atoms with Crippen LogP contribution in [-0.2, 0) is 4.79 Å². The first-order valence-corrected chi connectivity index (χ1v) is 6.68. The van der Waals surface area contributed by atoms with Crippen molar-refractivity contribution in [2.75, 3.05) is 13.1 Å². The number of likely N-dealkylation sites (tertiary alicyclic amines) is 1. The van der Waals surface area contributed by atoms with E-state index in [1.807, 2.05) is 0 Å². The van der Waals surface area contributed by atoms with Gasteiger partial charge in [-0.1, -0.05) is 36.8 Å². The summed E-state index contributed by atoms with van der Waals surface area (Å²) in [6.45, 7) is 1.88. The Bertz CT molecular complexity index is 397. The number of hydrogen-bond acceptors (Lipinski definition) is 1. The molecule has 1 amide bonds. The number of amides is 1. The molecule has 1 aromatic rings. The normalized spacial score (nSPS) is 24.7. The highest BCUT2D eigenvalue weighted by molar-refractivity contribution is 5.80. The molecule has 2 aliphatic rings. The largest absolute Gasteiger partial charge is 0.342 e. The Hall–Kier alpha value is -1.31. The zero-order valence-corrected chi connectivity index (χ0v) is 10.1. The van der Waals surface area contributed by atoms with Crippen LogP contribution >= 0.6 is 0 Å². The van der Waals surface area contributed by atoms with Gasteiger partial charge in [0.2, 0.25) is 5.91 Å². The second-order valence-corrected chi connectivity index (χ2v) is 5.31. The summed E-state index contributed by atoms with van der Waals surface area (Å²) >= 11 is 0. The minimum atomic E-state index is 0.351. The van der Waals surface area contributed by atoms with Crippen LogP contribution < -0.4 is 0 Å². The van der Waals surface area contributed by atoms with Crippen LogP contribution in [0.1, 0.15) is 37.2 Å². The van der Waals surface area contributed by atoms with Gasteiger partial charge < -0.3 is 4.90 Å². The van der Waals surface area contributed by atoms with Gasteiger partial charge in [-0.15, -0.1) is 0 Å². The fourth-order valence-electron chi connectivity index (χ4n) is 2.87. The summed E-state index contributed by atoms with van der Waals surface area (Å²) in [6, 6.07) is 10.6. The summed E-state index contributed by atoms with van der Waals surface area (Å²) in [7, 11) is 0. The van der Waals surface area contributed by atoms with Gasteiger partial charge in [0, 0.05) is 24.9 Å². The molecule has 17 heavy (non-hydrogen) atoms. The van der Waals surface area contributed by atoms with Gasteiger partial charge in [-0.05, 0) is 24.8 Å². The van der Waals surface area contributed by atoms with E-state index >= 15 is 0 Å². The number of hydrogen-bond donors (Lipinski definition) is 0. The third-order valence-corrected chi connectivity index (χ3v) is 4.23. The second kappa shape index (κ2) is 4.52. The van der Waals surface area contributed by atoms with Gasteiger partial charge in [0.25, 0.3) is 0 Å². The average molecular weight is 229 g/mol. The maximum absolute atomic E-state index is 12.1. The first kappa shape index (κ1) is 10.8. The second-order valence-electron chi connectivity index (χ2n) is 5.31. The van der Waals surface area contributed by atoms with Crippen LogP contribution in [0.15, 0.2) is 30.3 Å². The van der Waals surface area contributed by atoms with Crippen molar-refractivity contribution < 1.29 is 4.79 Å². The highest BCUT2D eigenvalue weighted by atomic mass is 16.2. The lowest BCUT2D eigenvalue weighted by Crippen LogP contribution is -2.37. The van der Waals surface area contributed by atoms with Crippen molar-refractivity contribution in [3.63, 3.8) is 0 Å². The Morgan fingerprint density at radius 1 is 1.12 bits per heavy atom. The predicted molar refractivity (Wildman–Crippen MR) is 67.7 cm³/mol. The van der Waals surface area contributed by atoms with E-state index in [9.17, 15) is 4.79 Å². The Morgan fingerprint density at radius 3 is 2.53 bits per heavy atom. The predicted octanol–water partition coefficient (Wildman–Crippen LogP) is 2.80. The van der Waals surface area contributed by atoms with Crippen LogP contribution in [0.2, 0.25) is 0 Å². The van der Waals surface area contributed by atoms with Crippen molar-refractivity contribution in [3.05, 3.63) is 35.9 Å². The highest BCUT2D eigenvalue weighted by Crippen LogP contribution is 2.32. The maximum Gasteiger partial charge on any atom is 0.225 e. The molecule has 0 N–H and O–H groups in total. The molecule has 2 heteroatoms. The molecular weight excluding hydrogens is 210 g/mol. The molecular formula is C15H19NO. The lowest BCUT2D eigenvalue weighted by molar-refractivity contribution is -0.137. The SMILES string of the molecule is O=C(C1CCC1)N1CCC(c2ccccc2)C1. The summed E-state index contributed by atoms with van der Waals surface area (Å²) in [5, 5.41) is 0. The summed E-state index contributed by atoms with van der Waals surface area (Å²) in [5.41, 5.74) is 1.39. The molecule has 0 aromatic heterocycles. The Kier molecular flexibility index (Phi) is 2.87. The van der Waals surface area contributed by atoms with Gasteiger partial charge in [0.05, 0.1) is 0 Å². The fraction of sp³-hybridized carbons (Fsp3) is 0.533. The maximum atomic E-state index is 12.1. The Labute approximate surface area is 103 Å². The van der Waals surface area contributed by atoms with Crippen molar-refractivity contribution in [2.24, 2.45) is 5.92 Å². The van der Waals surface area contributed by atoms with Gasteiger partial charge in [-0.25, -0.2) is 0 Å². The monoisotopic (exact) mass is 229 g/mol. The molecule has 2 fully saturated rings. The van der Waals surface area contributed by atoms with Gasteiger partial charge in [0.15, 0.2) is 0 Å². The molecule has 1 saturated heterocycles. The van der Waals surface area contributed by atoms with E-state index in [0.717, 1.165) is 32.4 Å². The van der Waals surface area contributed by atoms with Crippen molar-refractivity contribution in [2.45, 2.75) is 31.6 Å². The van der Waals surface area contributed by atoms with Gasteiger partial charge in [0.1, 0.15) is 0 Å². The van der Waals surface area contributed by atoms with E-state index in [1.54, 1.807) is 0 Å². The Balaban J connectivity index is 1.63. The quantitative estimate of drug-likeness (QED) is 0.763. The molecule has 90 valence electrons. The minimum Gasteiger partial charge on any atom is -0.342 e. The molecule has 1 heterocycles. The van der Waals surface area contributed by atoms with Gasteiger partial charge >= 0.3 is 0 Å². The number of nitrogens with zero attached hydrogens (tertiary/aromatic N) is 1. The van der Waals surface area contributed by atoms with Gasteiger partial charge in [-0.2, -0.15) is 0 Å². The van der Waals surface area contributed by atoms with Crippen LogP contribution in [-0.4, -0.2) is 23.9 Å². The summed E-state index contributed by atoms with van der Waals surface area (Å²) in [5.74, 6) is 1.32. The van der Waals surface area contributed by atoms with Crippen molar-refractivity contribution >= 4 is 5.91 Å². The van der Waals surface area contributed by atoms with Crippen LogP contribution in [0.3, 0.4) is 0 Å². The van der Waals surface area contributed by atoms with Crippen LogP contribution in [0, 0.1) is 5.92 Å². The van der Waals surface area contributed by atoms with E-state index in [-0.39, 0.29) is 0 Å². The van der Waals surface area contributed by atoms with E-state index in [4.69, 9.17) is 0 Å². The third-order valence-electron chi connectivity index (χ3n) is 4.23. The number of benzene rings is 1. The molecule has 2 nitrogen and oxygen atoms in total. The summed E-state index contributed by atoms with van der Waals surface area (Å²) < 4.78 is 0. The third kappa shape index (κ3) is 2.08. The number of rotatable bonds is 2. The summed E-state index contributed by atoms with van der Waals surface area (Å²) in [6.07, 6.45) is 4.60. The van der Waals surface area contributed by atoms with Gasteiger partial charge in [-0.3, -0.25) is 4.79 Å². The molecule has 1 aromatic carbocycles. The number of carbonyl (C=O) groups excluding carboxylic acids is 1. The lowest BCUT2D eigenvalue weighted by Gasteiger charge is -2.29. The lowest BCUT2D eigenvalue weighted by atomic mass is 9.84. The highest BCUT2D eigenvalue weighted by Gasteiger charge is 2.33. The smallest absolute Gasteiger partial charge is 0.225 e. The van der Waals surface area contributed by atoms with E-state index < -0.39 is 0 Å². The van der Waals surface area contributed by atoms with E-state index in [2.05, 4.69) is 35.2 Å². The standard InChI is InChI=1S/C15H19NO/c17-15(13-7-4-8-13)16-10-9-14(11-16)12-5-2-1-3-6-12/h1-3,5-6,13-14H,4,7-11H2. The van der Waals surface area contributed by atoms with Crippen LogP contribution in [0.5, 0.6) is 0 Å². The fourth-order valence-corrected chi connectivity index (χ4v) is 2.87. The minimum absolute atomic E-state index is 0.351. The zero-order valence-electron chi connectivity index (χ0n) is 10.1. The molecule has 3 rings (SSSR count). The molecule has 1 atom stereocenters. The molecule has 0 radical (unpaired) electrons. The van der Waals surface area contributed by atoms with Crippen molar-refractivity contribution in [1.82, 2.24) is 4.90 Å². The first-order valence-electron chi connectivity index (χ1n) is 6.68. The van der Waals surface area contributed by atoms with E-state index in [1.165, 1.54) is 12.0 Å².